The number of rotatable bonds is 6. The molecule has 1 heterocycles. The molecule has 5 nitrogen and oxygen atoms in total. The highest BCUT2D eigenvalue weighted by Crippen LogP contribution is 2.26. The van der Waals surface area contributed by atoms with E-state index in [0.717, 1.165) is 43.1 Å². The number of benzene rings is 2. The molecule has 2 aromatic carbocycles. The molecule has 1 N–H and O–H groups in total. The maximum absolute atomic E-state index is 12.6. The molecule has 138 valence electrons. The molecule has 26 heavy (non-hydrogen) atoms. The predicted molar refractivity (Wildman–Crippen MR) is 105 cm³/mol. The van der Waals surface area contributed by atoms with E-state index in [2.05, 4.69) is 28.2 Å². The number of ether oxygens (including phenoxy) is 1. The summed E-state index contributed by atoms with van der Waals surface area (Å²) < 4.78 is 5.73. The lowest BCUT2D eigenvalue weighted by Crippen LogP contribution is -2.44. The van der Waals surface area contributed by atoms with Crippen LogP contribution in [0.2, 0.25) is 0 Å². The van der Waals surface area contributed by atoms with Gasteiger partial charge < -0.3 is 19.9 Å². The largest absolute Gasteiger partial charge is 0.367 e. The Labute approximate surface area is 155 Å². The van der Waals surface area contributed by atoms with Crippen LogP contribution in [-0.4, -0.2) is 50.1 Å². The number of nitrogens with zero attached hydrogens (tertiary/aromatic N) is 2. The standard InChI is InChI=1S/C21H27N3O2/c1-17(26-16-18-8-4-3-5-9-18)21(25)22-19-10-6-7-11-20(19)24-14-12-23(2)13-15-24/h3-11,17H,12-16H2,1-2H3,(H,22,25). The van der Waals surface area contributed by atoms with E-state index < -0.39 is 6.10 Å². The maximum atomic E-state index is 12.6. The van der Waals surface area contributed by atoms with Gasteiger partial charge >= 0.3 is 0 Å². The average molecular weight is 353 g/mol. The molecule has 2 aromatic rings. The predicted octanol–water partition coefficient (Wildman–Crippen LogP) is 2.98. The van der Waals surface area contributed by atoms with E-state index in [1.165, 1.54) is 0 Å². The van der Waals surface area contributed by atoms with Crippen molar-refractivity contribution >= 4 is 17.3 Å². The lowest BCUT2D eigenvalue weighted by atomic mass is 10.2. The van der Waals surface area contributed by atoms with Crippen LogP contribution in [0.25, 0.3) is 0 Å². The van der Waals surface area contributed by atoms with Gasteiger partial charge in [0.1, 0.15) is 6.10 Å². The molecule has 0 bridgehead atoms. The molecular formula is C21H27N3O2. The molecule has 1 unspecified atom stereocenters. The first-order valence-electron chi connectivity index (χ1n) is 9.12. The third kappa shape index (κ3) is 4.84. The van der Waals surface area contributed by atoms with Gasteiger partial charge in [-0.25, -0.2) is 0 Å². The van der Waals surface area contributed by atoms with Crippen molar-refractivity contribution < 1.29 is 9.53 Å². The minimum atomic E-state index is -0.518. The van der Waals surface area contributed by atoms with Gasteiger partial charge in [-0.15, -0.1) is 0 Å². The fourth-order valence-electron chi connectivity index (χ4n) is 3.01. The smallest absolute Gasteiger partial charge is 0.253 e. The number of carbonyl (C=O) groups is 1. The van der Waals surface area contributed by atoms with Crippen molar-refractivity contribution in [2.24, 2.45) is 0 Å². The lowest BCUT2D eigenvalue weighted by Gasteiger charge is -2.35. The number of likely N-dealkylation sites (N-methyl/N-ethyl adjacent to an activating group) is 1. The number of anilines is 2. The van der Waals surface area contributed by atoms with Crippen molar-refractivity contribution in [3.8, 4) is 0 Å². The number of carbonyl (C=O) groups excluding carboxylic acids is 1. The summed E-state index contributed by atoms with van der Waals surface area (Å²) in [5.74, 6) is -0.123. The number of hydrogen-bond donors (Lipinski definition) is 1. The lowest BCUT2D eigenvalue weighted by molar-refractivity contribution is -0.127. The maximum Gasteiger partial charge on any atom is 0.253 e. The molecule has 0 aliphatic carbocycles. The van der Waals surface area contributed by atoms with Gasteiger partial charge in [-0.1, -0.05) is 42.5 Å². The first kappa shape index (κ1) is 18.4. The van der Waals surface area contributed by atoms with Crippen LogP contribution >= 0.6 is 0 Å². The summed E-state index contributed by atoms with van der Waals surface area (Å²) >= 11 is 0. The highest BCUT2D eigenvalue weighted by atomic mass is 16.5. The van der Waals surface area contributed by atoms with Crippen LogP contribution in [0, 0.1) is 0 Å². The van der Waals surface area contributed by atoms with Gasteiger partial charge in [-0.2, -0.15) is 0 Å². The molecule has 1 saturated heterocycles. The van der Waals surface area contributed by atoms with Crippen LogP contribution in [-0.2, 0) is 16.1 Å². The van der Waals surface area contributed by atoms with Crippen LogP contribution in [0.5, 0.6) is 0 Å². The fourth-order valence-corrected chi connectivity index (χ4v) is 3.01. The molecule has 1 fully saturated rings. The van der Waals surface area contributed by atoms with Gasteiger partial charge in [-0.3, -0.25) is 4.79 Å². The van der Waals surface area contributed by atoms with E-state index in [1.807, 2.05) is 48.5 Å². The monoisotopic (exact) mass is 353 g/mol. The van der Waals surface area contributed by atoms with Gasteiger partial charge in [0.15, 0.2) is 0 Å². The minimum Gasteiger partial charge on any atom is -0.367 e. The number of amides is 1. The van der Waals surface area contributed by atoms with Crippen molar-refractivity contribution in [2.45, 2.75) is 19.6 Å². The van der Waals surface area contributed by atoms with Crippen LogP contribution in [0.15, 0.2) is 54.6 Å². The quantitative estimate of drug-likeness (QED) is 0.867. The zero-order chi connectivity index (χ0) is 18.4. The molecule has 0 aromatic heterocycles. The molecule has 1 atom stereocenters. The molecule has 1 amide bonds. The number of hydrogen-bond acceptors (Lipinski definition) is 4. The van der Waals surface area contributed by atoms with Crippen molar-refractivity contribution in [3.63, 3.8) is 0 Å². The van der Waals surface area contributed by atoms with Crippen molar-refractivity contribution in [1.29, 1.82) is 0 Å². The second kappa shape index (κ2) is 8.83. The Bertz CT molecular complexity index is 712. The summed E-state index contributed by atoms with van der Waals surface area (Å²) in [6.45, 7) is 6.19. The first-order chi connectivity index (χ1) is 12.6. The van der Waals surface area contributed by atoms with Crippen molar-refractivity contribution in [2.75, 3.05) is 43.4 Å². The Hall–Kier alpha value is -2.37. The van der Waals surface area contributed by atoms with E-state index in [9.17, 15) is 4.79 Å². The Morgan fingerprint density at radius 2 is 1.69 bits per heavy atom. The summed E-state index contributed by atoms with van der Waals surface area (Å²) in [5.41, 5.74) is 2.98. The number of piperazine rings is 1. The summed E-state index contributed by atoms with van der Waals surface area (Å²) in [5, 5.41) is 3.04. The summed E-state index contributed by atoms with van der Waals surface area (Å²) in [7, 11) is 2.14. The fraction of sp³-hybridized carbons (Fsp3) is 0.381. The van der Waals surface area contributed by atoms with Gasteiger partial charge in [0, 0.05) is 26.2 Å². The molecule has 1 aliphatic rings. The van der Waals surface area contributed by atoms with Crippen LogP contribution in [0.1, 0.15) is 12.5 Å². The molecule has 0 radical (unpaired) electrons. The number of nitrogens with one attached hydrogen (secondary N) is 1. The second-order valence-corrected chi connectivity index (χ2v) is 6.74. The van der Waals surface area contributed by atoms with Crippen molar-refractivity contribution in [3.05, 3.63) is 60.2 Å². The molecular weight excluding hydrogens is 326 g/mol. The van der Waals surface area contributed by atoms with Crippen LogP contribution < -0.4 is 10.2 Å². The third-order valence-electron chi connectivity index (χ3n) is 4.72. The van der Waals surface area contributed by atoms with Gasteiger partial charge in [0.05, 0.1) is 18.0 Å². The average Bonchev–Trinajstić information content (AvgIpc) is 2.68. The molecule has 1 aliphatic heterocycles. The Morgan fingerprint density at radius 3 is 2.42 bits per heavy atom. The minimum absolute atomic E-state index is 0.123. The van der Waals surface area contributed by atoms with Gasteiger partial charge in [-0.05, 0) is 31.7 Å². The zero-order valence-electron chi connectivity index (χ0n) is 15.5. The Balaban J connectivity index is 1.60. The van der Waals surface area contributed by atoms with E-state index in [4.69, 9.17) is 4.74 Å². The van der Waals surface area contributed by atoms with Gasteiger partial charge in [0.2, 0.25) is 0 Å². The summed E-state index contributed by atoms with van der Waals surface area (Å²) in [6, 6.07) is 17.9. The highest BCUT2D eigenvalue weighted by Gasteiger charge is 2.19. The Kier molecular flexibility index (Phi) is 6.26. The van der Waals surface area contributed by atoms with E-state index in [-0.39, 0.29) is 5.91 Å². The van der Waals surface area contributed by atoms with Crippen molar-refractivity contribution in [1.82, 2.24) is 4.90 Å². The first-order valence-corrected chi connectivity index (χ1v) is 9.12. The van der Waals surface area contributed by atoms with Crippen LogP contribution in [0.3, 0.4) is 0 Å². The highest BCUT2D eigenvalue weighted by molar-refractivity contribution is 5.97. The summed E-state index contributed by atoms with van der Waals surface area (Å²) in [6.07, 6.45) is -0.518. The molecule has 0 saturated carbocycles. The molecule has 5 heteroatoms. The SMILES string of the molecule is CC(OCc1ccccc1)C(=O)Nc1ccccc1N1CCN(C)CC1. The van der Waals surface area contributed by atoms with E-state index in [0.29, 0.717) is 6.61 Å². The second-order valence-electron chi connectivity index (χ2n) is 6.74. The number of para-hydroxylation sites is 2. The third-order valence-corrected chi connectivity index (χ3v) is 4.72. The molecule has 0 spiro atoms. The van der Waals surface area contributed by atoms with Gasteiger partial charge in [0.25, 0.3) is 5.91 Å². The topological polar surface area (TPSA) is 44.8 Å². The normalized spacial score (nSPS) is 16.3. The van der Waals surface area contributed by atoms with E-state index >= 15 is 0 Å². The summed E-state index contributed by atoms with van der Waals surface area (Å²) in [4.78, 5) is 17.2. The zero-order valence-corrected chi connectivity index (χ0v) is 15.5. The molecule has 3 rings (SSSR count). The van der Waals surface area contributed by atoms with E-state index in [1.54, 1.807) is 6.92 Å². The van der Waals surface area contributed by atoms with Crippen LogP contribution in [0.4, 0.5) is 11.4 Å². The Morgan fingerprint density at radius 1 is 1.04 bits per heavy atom.